The summed E-state index contributed by atoms with van der Waals surface area (Å²) in [5.41, 5.74) is 2.09. The van der Waals surface area contributed by atoms with E-state index in [1.807, 2.05) is 6.92 Å². The molecule has 0 heterocycles. The van der Waals surface area contributed by atoms with Gasteiger partial charge in [0.1, 0.15) is 11.5 Å². The number of hydrogen-bond donors (Lipinski definition) is 2. The number of para-hydroxylation sites is 1. The summed E-state index contributed by atoms with van der Waals surface area (Å²) >= 11 is 6.13. The Kier molecular flexibility index (Phi) is 6.86. The zero-order valence-corrected chi connectivity index (χ0v) is 15.3. The first-order chi connectivity index (χ1) is 12.4. The Labute approximate surface area is 156 Å². The molecule has 0 fully saturated rings. The summed E-state index contributed by atoms with van der Waals surface area (Å²) in [6.45, 7) is 3.69. The van der Waals surface area contributed by atoms with E-state index in [0.29, 0.717) is 34.4 Å². The van der Waals surface area contributed by atoms with Crippen molar-refractivity contribution in [3.05, 3.63) is 52.5 Å². The molecule has 6 nitrogen and oxygen atoms in total. The third kappa shape index (κ3) is 5.39. The van der Waals surface area contributed by atoms with Crippen LogP contribution in [0.5, 0.6) is 11.5 Å². The van der Waals surface area contributed by atoms with Gasteiger partial charge in [-0.25, -0.2) is 4.79 Å². The van der Waals surface area contributed by atoms with Gasteiger partial charge in [0.25, 0.3) is 0 Å². The molecule has 0 unspecified atom stereocenters. The van der Waals surface area contributed by atoms with Crippen LogP contribution in [0.3, 0.4) is 0 Å². The van der Waals surface area contributed by atoms with Gasteiger partial charge < -0.3 is 19.9 Å². The lowest BCUT2D eigenvalue weighted by molar-refractivity contribution is -0.139. The van der Waals surface area contributed by atoms with Crippen LogP contribution in [0, 0.1) is 6.92 Å². The van der Waals surface area contributed by atoms with Gasteiger partial charge in [-0.15, -0.1) is 0 Å². The number of ether oxygens (including phenoxy) is 2. The average molecular weight is 378 g/mol. The molecule has 1 amide bonds. The van der Waals surface area contributed by atoms with Gasteiger partial charge in [-0.1, -0.05) is 23.7 Å². The first kappa shape index (κ1) is 19.6. The molecule has 0 atom stereocenters. The lowest BCUT2D eigenvalue weighted by Crippen LogP contribution is -2.16. The molecule has 0 saturated heterocycles. The number of amides is 1. The Hall–Kier alpha value is -2.73. The van der Waals surface area contributed by atoms with E-state index in [2.05, 4.69) is 5.32 Å². The third-order valence-corrected chi connectivity index (χ3v) is 3.82. The van der Waals surface area contributed by atoms with Crippen molar-refractivity contribution < 1.29 is 24.2 Å². The van der Waals surface area contributed by atoms with Gasteiger partial charge >= 0.3 is 5.97 Å². The number of carboxylic acids is 1. The molecule has 2 N–H and O–H groups in total. The predicted octanol–water partition coefficient (Wildman–Crippen LogP) is 3.69. The molecule has 138 valence electrons. The van der Waals surface area contributed by atoms with E-state index in [9.17, 15) is 9.59 Å². The zero-order valence-electron chi connectivity index (χ0n) is 14.5. The van der Waals surface area contributed by atoms with Crippen LogP contribution in [0.2, 0.25) is 5.02 Å². The predicted molar refractivity (Wildman–Crippen MR) is 99.3 cm³/mol. The Bertz CT molecular complexity index is 807. The van der Waals surface area contributed by atoms with Gasteiger partial charge in [-0.3, -0.25) is 4.79 Å². The smallest absolute Gasteiger partial charge is 0.341 e. The van der Waals surface area contributed by atoms with E-state index in [4.69, 9.17) is 26.2 Å². The highest BCUT2D eigenvalue weighted by Crippen LogP contribution is 2.29. The molecule has 2 aromatic carbocycles. The number of aliphatic carboxylic acids is 1. The summed E-state index contributed by atoms with van der Waals surface area (Å²) in [6.07, 6.45) is 0.118. The largest absolute Gasteiger partial charge is 0.492 e. The van der Waals surface area contributed by atoms with Gasteiger partial charge in [-0.2, -0.15) is 0 Å². The molecule has 0 radical (unpaired) electrons. The SMILES string of the molecule is CCOc1c(Cl)cccc1CC(=O)Nc1ccc(OCC(=O)O)cc1C. The van der Waals surface area contributed by atoms with Crippen LogP contribution in [0.1, 0.15) is 18.1 Å². The molecule has 0 aromatic heterocycles. The fourth-order valence-corrected chi connectivity index (χ4v) is 2.63. The summed E-state index contributed by atoms with van der Waals surface area (Å²) in [7, 11) is 0. The van der Waals surface area contributed by atoms with Crippen LogP contribution < -0.4 is 14.8 Å². The second kappa shape index (κ2) is 9.10. The van der Waals surface area contributed by atoms with Crippen molar-refractivity contribution in [1.29, 1.82) is 0 Å². The Morgan fingerprint density at radius 1 is 1.19 bits per heavy atom. The third-order valence-electron chi connectivity index (χ3n) is 3.52. The summed E-state index contributed by atoms with van der Waals surface area (Å²) in [5.74, 6) is -0.320. The fraction of sp³-hybridized carbons (Fsp3) is 0.263. The van der Waals surface area contributed by atoms with Crippen LogP contribution in [-0.2, 0) is 16.0 Å². The zero-order chi connectivity index (χ0) is 19.1. The van der Waals surface area contributed by atoms with Crippen molar-refractivity contribution in [3.8, 4) is 11.5 Å². The Balaban J connectivity index is 2.06. The molecule has 0 aliphatic rings. The average Bonchev–Trinajstić information content (AvgIpc) is 2.58. The van der Waals surface area contributed by atoms with E-state index >= 15 is 0 Å². The lowest BCUT2D eigenvalue weighted by atomic mass is 10.1. The molecule has 7 heteroatoms. The van der Waals surface area contributed by atoms with E-state index in [-0.39, 0.29) is 12.3 Å². The quantitative estimate of drug-likeness (QED) is 0.732. The molecule has 26 heavy (non-hydrogen) atoms. The number of benzene rings is 2. The normalized spacial score (nSPS) is 10.3. The van der Waals surface area contributed by atoms with Crippen LogP contribution in [-0.4, -0.2) is 30.2 Å². The monoisotopic (exact) mass is 377 g/mol. The van der Waals surface area contributed by atoms with Crippen molar-refractivity contribution in [1.82, 2.24) is 0 Å². The molecule has 2 rings (SSSR count). The standard InChI is InChI=1S/C19H20ClNO5/c1-3-25-19-13(5-4-6-15(19)20)10-17(22)21-16-8-7-14(9-12(16)2)26-11-18(23)24/h4-9H,3,10-11H2,1-2H3,(H,21,22)(H,23,24). The molecule has 0 bridgehead atoms. The van der Waals surface area contributed by atoms with E-state index in [1.54, 1.807) is 43.3 Å². The van der Waals surface area contributed by atoms with Crippen molar-refractivity contribution in [2.24, 2.45) is 0 Å². The highest BCUT2D eigenvalue weighted by molar-refractivity contribution is 6.32. The van der Waals surface area contributed by atoms with Crippen molar-refractivity contribution in [2.75, 3.05) is 18.5 Å². The van der Waals surface area contributed by atoms with E-state index < -0.39 is 12.6 Å². The minimum atomic E-state index is -1.05. The van der Waals surface area contributed by atoms with E-state index in [0.717, 1.165) is 5.56 Å². The van der Waals surface area contributed by atoms with Crippen LogP contribution >= 0.6 is 11.6 Å². The van der Waals surface area contributed by atoms with Gasteiger partial charge in [0.15, 0.2) is 6.61 Å². The van der Waals surface area contributed by atoms with Crippen LogP contribution in [0.25, 0.3) is 0 Å². The number of nitrogens with one attached hydrogen (secondary N) is 1. The highest BCUT2D eigenvalue weighted by atomic mass is 35.5. The van der Waals surface area contributed by atoms with Gasteiger partial charge in [0, 0.05) is 11.3 Å². The minimum Gasteiger partial charge on any atom is -0.492 e. The molecular weight excluding hydrogens is 358 g/mol. The molecule has 0 aliphatic carbocycles. The van der Waals surface area contributed by atoms with Gasteiger partial charge in [0.2, 0.25) is 5.91 Å². The second-order valence-electron chi connectivity index (χ2n) is 5.55. The first-order valence-corrected chi connectivity index (χ1v) is 8.43. The molecule has 0 aliphatic heterocycles. The lowest BCUT2D eigenvalue weighted by Gasteiger charge is -2.13. The van der Waals surface area contributed by atoms with Crippen molar-refractivity contribution in [2.45, 2.75) is 20.3 Å². The Morgan fingerprint density at radius 2 is 1.96 bits per heavy atom. The molecule has 0 saturated carbocycles. The van der Waals surface area contributed by atoms with Crippen LogP contribution in [0.15, 0.2) is 36.4 Å². The van der Waals surface area contributed by atoms with Gasteiger partial charge in [0.05, 0.1) is 18.1 Å². The second-order valence-corrected chi connectivity index (χ2v) is 5.95. The number of carbonyl (C=O) groups excluding carboxylic acids is 1. The molecular formula is C19H20ClNO5. The summed E-state index contributed by atoms with van der Waals surface area (Å²) in [4.78, 5) is 22.9. The number of carbonyl (C=O) groups is 2. The minimum absolute atomic E-state index is 0.118. The highest BCUT2D eigenvalue weighted by Gasteiger charge is 2.13. The maximum Gasteiger partial charge on any atom is 0.341 e. The summed E-state index contributed by atoms with van der Waals surface area (Å²) in [5, 5.41) is 11.9. The van der Waals surface area contributed by atoms with Crippen molar-refractivity contribution in [3.63, 3.8) is 0 Å². The van der Waals surface area contributed by atoms with E-state index in [1.165, 1.54) is 0 Å². The summed E-state index contributed by atoms with van der Waals surface area (Å²) < 4.78 is 10.6. The maximum atomic E-state index is 12.4. The molecule has 2 aromatic rings. The summed E-state index contributed by atoms with van der Waals surface area (Å²) in [6, 6.07) is 10.2. The number of anilines is 1. The maximum absolute atomic E-state index is 12.4. The van der Waals surface area contributed by atoms with Gasteiger partial charge in [-0.05, 0) is 43.7 Å². The number of carboxylic acid groups (broad SMARTS) is 1. The molecule has 0 spiro atoms. The van der Waals surface area contributed by atoms with Crippen LogP contribution in [0.4, 0.5) is 5.69 Å². The Morgan fingerprint density at radius 3 is 2.62 bits per heavy atom. The van der Waals surface area contributed by atoms with Crippen molar-refractivity contribution >= 4 is 29.2 Å². The topological polar surface area (TPSA) is 84.9 Å². The fourth-order valence-electron chi connectivity index (χ4n) is 2.38. The number of halogens is 1. The number of aryl methyl sites for hydroxylation is 1. The first-order valence-electron chi connectivity index (χ1n) is 8.06. The number of hydrogen-bond acceptors (Lipinski definition) is 4. The number of rotatable bonds is 8.